The summed E-state index contributed by atoms with van der Waals surface area (Å²) >= 11 is 0. The highest BCUT2D eigenvalue weighted by Gasteiger charge is 2.26. The number of hydrogen-bond acceptors (Lipinski definition) is 3. The van der Waals surface area contributed by atoms with Crippen molar-refractivity contribution in [2.45, 2.75) is 32.2 Å². The first-order valence-corrected chi connectivity index (χ1v) is 7.09. The van der Waals surface area contributed by atoms with Crippen molar-refractivity contribution in [3.8, 4) is 0 Å². The first kappa shape index (κ1) is 18.0. The van der Waals surface area contributed by atoms with E-state index in [0.717, 1.165) is 18.6 Å². The minimum absolute atomic E-state index is 0.0422. The molecule has 0 fully saturated rings. The minimum Gasteiger partial charge on any atom is -0.353 e. The third-order valence-corrected chi connectivity index (χ3v) is 3.17. The summed E-state index contributed by atoms with van der Waals surface area (Å²) in [6, 6.07) is 3.19. The maximum atomic E-state index is 13.4. The standard InChI is InChI=1S/C15H21F2N3O2/c1-3-7-15(2,18)14(22)20-9-8-19-13(21)12-10(16)5-4-6-11(12)17/h4-6H,3,7-9,18H2,1-2H3,(H,19,21)(H,20,22). The molecule has 0 radical (unpaired) electrons. The van der Waals surface area contributed by atoms with Gasteiger partial charge in [-0.15, -0.1) is 0 Å². The first-order valence-electron chi connectivity index (χ1n) is 7.09. The predicted molar refractivity (Wildman–Crippen MR) is 79.2 cm³/mol. The minimum atomic E-state index is -0.976. The van der Waals surface area contributed by atoms with E-state index in [2.05, 4.69) is 10.6 Å². The van der Waals surface area contributed by atoms with Gasteiger partial charge in [0.05, 0.1) is 5.54 Å². The molecule has 0 saturated heterocycles. The molecular weight excluding hydrogens is 292 g/mol. The number of hydrogen-bond donors (Lipinski definition) is 3. The Bertz CT molecular complexity index is 527. The van der Waals surface area contributed by atoms with E-state index in [1.807, 2.05) is 6.92 Å². The lowest BCUT2D eigenvalue weighted by Gasteiger charge is -2.22. The molecular formula is C15H21F2N3O2. The zero-order valence-corrected chi connectivity index (χ0v) is 12.7. The molecule has 122 valence electrons. The van der Waals surface area contributed by atoms with Crippen LogP contribution in [0.4, 0.5) is 8.78 Å². The Morgan fingerprint density at radius 2 is 1.73 bits per heavy atom. The molecule has 0 saturated carbocycles. The van der Waals surface area contributed by atoms with Crippen LogP contribution >= 0.6 is 0 Å². The van der Waals surface area contributed by atoms with Gasteiger partial charge in [-0.1, -0.05) is 19.4 Å². The summed E-state index contributed by atoms with van der Waals surface area (Å²) in [5, 5.41) is 4.92. The average Bonchev–Trinajstić information content (AvgIpc) is 2.43. The normalized spacial score (nSPS) is 13.3. The van der Waals surface area contributed by atoms with Crippen LogP contribution in [0.2, 0.25) is 0 Å². The average molecular weight is 313 g/mol. The molecule has 1 aromatic rings. The van der Waals surface area contributed by atoms with E-state index in [0.29, 0.717) is 6.42 Å². The Morgan fingerprint density at radius 3 is 2.27 bits per heavy atom. The van der Waals surface area contributed by atoms with E-state index >= 15 is 0 Å². The molecule has 0 aliphatic rings. The van der Waals surface area contributed by atoms with E-state index in [4.69, 9.17) is 5.73 Å². The summed E-state index contributed by atoms with van der Waals surface area (Å²) in [5.41, 5.74) is 4.23. The molecule has 5 nitrogen and oxygen atoms in total. The van der Waals surface area contributed by atoms with Crippen molar-refractivity contribution in [3.05, 3.63) is 35.4 Å². The summed E-state index contributed by atoms with van der Waals surface area (Å²) in [5.74, 6) is -3.06. The number of nitrogens with one attached hydrogen (secondary N) is 2. The SMILES string of the molecule is CCCC(C)(N)C(=O)NCCNC(=O)c1c(F)cccc1F. The van der Waals surface area contributed by atoms with Crippen molar-refractivity contribution < 1.29 is 18.4 Å². The predicted octanol–water partition coefficient (Wildman–Crippen LogP) is 1.33. The maximum Gasteiger partial charge on any atom is 0.257 e. The molecule has 1 atom stereocenters. The molecule has 0 aliphatic heterocycles. The van der Waals surface area contributed by atoms with Gasteiger partial charge in [0.1, 0.15) is 17.2 Å². The molecule has 0 aromatic heterocycles. The molecule has 1 aromatic carbocycles. The second kappa shape index (κ2) is 7.84. The van der Waals surface area contributed by atoms with Crippen LogP contribution in [0.5, 0.6) is 0 Å². The van der Waals surface area contributed by atoms with E-state index in [1.54, 1.807) is 6.92 Å². The van der Waals surface area contributed by atoms with E-state index < -0.39 is 28.6 Å². The van der Waals surface area contributed by atoms with Crippen LogP contribution in [0.15, 0.2) is 18.2 Å². The van der Waals surface area contributed by atoms with Crippen LogP contribution in [0, 0.1) is 11.6 Å². The topological polar surface area (TPSA) is 84.2 Å². The van der Waals surface area contributed by atoms with Crippen molar-refractivity contribution in [2.75, 3.05) is 13.1 Å². The second-order valence-corrected chi connectivity index (χ2v) is 5.28. The summed E-state index contributed by atoms with van der Waals surface area (Å²) in [7, 11) is 0. The van der Waals surface area contributed by atoms with Crippen molar-refractivity contribution in [1.29, 1.82) is 0 Å². The fraction of sp³-hybridized carbons (Fsp3) is 0.467. The maximum absolute atomic E-state index is 13.4. The van der Waals surface area contributed by atoms with Gasteiger partial charge in [0.25, 0.3) is 5.91 Å². The third-order valence-electron chi connectivity index (χ3n) is 3.17. The molecule has 0 aliphatic carbocycles. The largest absolute Gasteiger partial charge is 0.353 e. The van der Waals surface area contributed by atoms with Crippen LogP contribution in [0.1, 0.15) is 37.0 Å². The quantitative estimate of drug-likeness (QED) is 0.664. The van der Waals surface area contributed by atoms with Gasteiger partial charge in [-0.25, -0.2) is 8.78 Å². The number of halogens is 2. The molecule has 1 unspecified atom stereocenters. The van der Waals surface area contributed by atoms with Gasteiger partial charge in [0, 0.05) is 13.1 Å². The molecule has 22 heavy (non-hydrogen) atoms. The summed E-state index contributed by atoms with van der Waals surface area (Å²) in [6.45, 7) is 3.71. The van der Waals surface area contributed by atoms with Gasteiger partial charge in [-0.2, -0.15) is 0 Å². The van der Waals surface area contributed by atoms with Crippen LogP contribution in [0.3, 0.4) is 0 Å². The summed E-state index contributed by atoms with van der Waals surface area (Å²) in [6.07, 6.45) is 1.30. The van der Waals surface area contributed by atoms with Crippen molar-refractivity contribution in [1.82, 2.24) is 10.6 Å². The van der Waals surface area contributed by atoms with Gasteiger partial charge in [-0.3, -0.25) is 9.59 Å². The third kappa shape index (κ3) is 4.77. The lowest BCUT2D eigenvalue weighted by atomic mass is 9.97. The Hall–Kier alpha value is -2.02. The zero-order valence-electron chi connectivity index (χ0n) is 12.7. The Labute approximate surface area is 128 Å². The van der Waals surface area contributed by atoms with Gasteiger partial charge in [0.2, 0.25) is 5.91 Å². The highest BCUT2D eigenvalue weighted by Crippen LogP contribution is 2.11. The van der Waals surface area contributed by atoms with Crippen molar-refractivity contribution in [2.24, 2.45) is 5.73 Å². The lowest BCUT2D eigenvalue weighted by Crippen LogP contribution is -2.52. The lowest BCUT2D eigenvalue weighted by molar-refractivity contribution is -0.126. The highest BCUT2D eigenvalue weighted by atomic mass is 19.1. The Kier molecular flexibility index (Phi) is 6.42. The molecule has 0 spiro atoms. The smallest absolute Gasteiger partial charge is 0.257 e. The molecule has 1 rings (SSSR count). The number of rotatable bonds is 7. The molecule has 4 N–H and O–H groups in total. The Balaban J connectivity index is 2.45. The Morgan fingerprint density at radius 1 is 1.18 bits per heavy atom. The number of nitrogens with two attached hydrogens (primary N) is 1. The van der Waals surface area contributed by atoms with Crippen LogP contribution in [-0.4, -0.2) is 30.4 Å². The molecule has 2 amide bonds. The van der Waals surface area contributed by atoms with Gasteiger partial charge < -0.3 is 16.4 Å². The fourth-order valence-electron chi connectivity index (χ4n) is 1.99. The zero-order chi connectivity index (χ0) is 16.8. The number of amides is 2. The molecule has 7 heteroatoms. The summed E-state index contributed by atoms with van der Waals surface area (Å²) in [4.78, 5) is 23.5. The number of benzene rings is 1. The summed E-state index contributed by atoms with van der Waals surface area (Å²) < 4.78 is 26.8. The number of carbonyl (C=O) groups is 2. The van der Waals surface area contributed by atoms with Crippen LogP contribution < -0.4 is 16.4 Å². The molecule has 0 heterocycles. The molecule has 0 bridgehead atoms. The van der Waals surface area contributed by atoms with Gasteiger partial charge in [-0.05, 0) is 25.5 Å². The monoisotopic (exact) mass is 313 g/mol. The van der Waals surface area contributed by atoms with E-state index in [-0.39, 0.29) is 19.0 Å². The van der Waals surface area contributed by atoms with Crippen LogP contribution in [0.25, 0.3) is 0 Å². The highest BCUT2D eigenvalue weighted by molar-refractivity contribution is 5.94. The van der Waals surface area contributed by atoms with E-state index in [1.165, 1.54) is 6.07 Å². The van der Waals surface area contributed by atoms with Crippen molar-refractivity contribution >= 4 is 11.8 Å². The van der Waals surface area contributed by atoms with Gasteiger partial charge in [0.15, 0.2) is 0 Å². The van der Waals surface area contributed by atoms with E-state index in [9.17, 15) is 18.4 Å². The number of carbonyl (C=O) groups excluding carboxylic acids is 2. The fourth-order valence-corrected chi connectivity index (χ4v) is 1.99. The second-order valence-electron chi connectivity index (χ2n) is 5.28. The van der Waals surface area contributed by atoms with Gasteiger partial charge >= 0.3 is 0 Å². The van der Waals surface area contributed by atoms with Crippen LogP contribution in [-0.2, 0) is 4.79 Å². The van der Waals surface area contributed by atoms with Crippen molar-refractivity contribution in [3.63, 3.8) is 0 Å². The first-order chi connectivity index (χ1) is 10.3.